The van der Waals surface area contributed by atoms with E-state index in [0.717, 1.165) is 72.0 Å². The van der Waals surface area contributed by atoms with Crippen molar-refractivity contribution in [3.05, 3.63) is 65.1 Å². The Balaban J connectivity index is 1.51. The normalized spacial score (nSPS) is 20.8. The van der Waals surface area contributed by atoms with Crippen molar-refractivity contribution in [2.45, 2.75) is 44.6 Å². The summed E-state index contributed by atoms with van der Waals surface area (Å²) in [6.07, 6.45) is 1.97. The minimum atomic E-state index is 0.735. The van der Waals surface area contributed by atoms with Crippen LogP contribution in [-0.2, 0) is 0 Å². The van der Waals surface area contributed by atoms with E-state index in [1.165, 1.54) is 23.5 Å². The van der Waals surface area contributed by atoms with Crippen LogP contribution < -0.4 is 10.6 Å². The van der Waals surface area contributed by atoms with Crippen LogP contribution in [0.15, 0.2) is 63.9 Å². The van der Waals surface area contributed by atoms with Crippen LogP contribution in [0.25, 0.3) is 0 Å². The van der Waals surface area contributed by atoms with E-state index < -0.39 is 0 Å². The molecule has 4 rings (SSSR count). The quantitative estimate of drug-likeness (QED) is 0.594. The molecule has 5 nitrogen and oxygen atoms in total. The summed E-state index contributed by atoms with van der Waals surface area (Å²) in [7, 11) is 1.91. The Morgan fingerprint density at radius 2 is 2.03 bits per heavy atom. The first-order valence-corrected chi connectivity index (χ1v) is 12.1. The SMILES string of the molecule is C=C(CCC)C1=C(NC)C(=C)NC(c2cc(SN3CC(N4CC(C)C4)C3)ccc2C)=N1. The number of aliphatic imine (C=N–C) groups is 1. The van der Waals surface area contributed by atoms with Gasteiger partial charge in [-0.3, -0.25) is 4.90 Å². The average molecular weight is 438 g/mol. The molecule has 0 amide bonds. The Morgan fingerprint density at radius 1 is 1.29 bits per heavy atom. The summed E-state index contributed by atoms with van der Waals surface area (Å²) in [5.74, 6) is 1.72. The number of nitrogens with one attached hydrogen (secondary N) is 2. The van der Waals surface area contributed by atoms with E-state index >= 15 is 0 Å². The smallest absolute Gasteiger partial charge is 0.138 e. The Kier molecular flexibility index (Phi) is 6.60. The third-order valence-electron chi connectivity index (χ3n) is 6.30. The molecule has 2 N–H and O–H groups in total. The molecular weight excluding hydrogens is 402 g/mol. The van der Waals surface area contributed by atoms with Gasteiger partial charge in [-0.15, -0.1) is 0 Å². The number of nitrogens with zero attached hydrogens (tertiary/aromatic N) is 3. The molecule has 1 aromatic rings. The van der Waals surface area contributed by atoms with Crippen molar-refractivity contribution in [1.82, 2.24) is 19.8 Å². The van der Waals surface area contributed by atoms with Gasteiger partial charge >= 0.3 is 0 Å². The molecule has 3 aliphatic heterocycles. The van der Waals surface area contributed by atoms with Crippen LogP contribution in [-0.4, -0.2) is 54.3 Å². The van der Waals surface area contributed by atoms with E-state index in [-0.39, 0.29) is 0 Å². The van der Waals surface area contributed by atoms with Crippen LogP contribution in [0.2, 0.25) is 0 Å². The van der Waals surface area contributed by atoms with Crippen LogP contribution in [0, 0.1) is 12.8 Å². The largest absolute Gasteiger partial charge is 0.385 e. The van der Waals surface area contributed by atoms with Crippen LogP contribution in [0.3, 0.4) is 0 Å². The molecule has 0 aliphatic carbocycles. The van der Waals surface area contributed by atoms with Crippen molar-refractivity contribution >= 4 is 17.8 Å². The van der Waals surface area contributed by atoms with Gasteiger partial charge in [0.1, 0.15) is 5.84 Å². The molecule has 3 aliphatic rings. The Labute approximate surface area is 191 Å². The second-order valence-corrected chi connectivity index (χ2v) is 10.2. The molecule has 0 saturated carbocycles. The first-order valence-electron chi connectivity index (χ1n) is 11.3. The molecule has 0 spiro atoms. The van der Waals surface area contributed by atoms with Crippen molar-refractivity contribution in [2.75, 3.05) is 33.2 Å². The Bertz CT molecular complexity index is 935. The standard InChI is InChI=1S/C25H35N5S/c1-7-8-18(4)23-24(26-6)19(5)27-25(28-23)22-11-21(10-9-17(22)3)31-30-14-20(15-30)29-12-16(2)13-29/h9-11,16,20,26H,4-5,7-8,12-15H2,1-3,6H3,(H,27,28). The first-order chi connectivity index (χ1) is 14.9. The predicted octanol–water partition coefficient (Wildman–Crippen LogP) is 4.29. The number of hydrogen-bond acceptors (Lipinski definition) is 6. The van der Waals surface area contributed by atoms with Gasteiger partial charge in [0, 0.05) is 49.7 Å². The summed E-state index contributed by atoms with van der Waals surface area (Å²) in [6.45, 7) is 20.0. The topological polar surface area (TPSA) is 42.9 Å². The third-order valence-corrected chi connectivity index (χ3v) is 7.33. The highest BCUT2D eigenvalue weighted by atomic mass is 32.2. The Morgan fingerprint density at radius 3 is 2.68 bits per heavy atom. The van der Waals surface area contributed by atoms with Gasteiger partial charge in [-0.2, -0.15) is 0 Å². The molecule has 0 radical (unpaired) electrons. The lowest BCUT2D eigenvalue weighted by Gasteiger charge is -2.50. The van der Waals surface area contributed by atoms with Gasteiger partial charge in [0.05, 0.1) is 17.1 Å². The number of hydrogen-bond donors (Lipinski definition) is 2. The number of aryl methyl sites for hydroxylation is 1. The van der Waals surface area contributed by atoms with E-state index in [1.807, 2.05) is 19.0 Å². The number of amidine groups is 1. The number of benzene rings is 1. The van der Waals surface area contributed by atoms with Gasteiger partial charge in [0.15, 0.2) is 0 Å². The van der Waals surface area contributed by atoms with E-state index in [2.05, 4.69) is 72.0 Å². The van der Waals surface area contributed by atoms with Gasteiger partial charge < -0.3 is 10.6 Å². The molecule has 0 unspecified atom stereocenters. The average Bonchev–Trinajstić information content (AvgIpc) is 2.69. The number of likely N-dealkylation sites (N-methyl/N-ethyl adjacent to an activating group) is 1. The summed E-state index contributed by atoms with van der Waals surface area (Å²) in [4.78, 5) is 8.85. The fourth-order valence-corrected chi connectivity index (χ4v) is 5.54. The molecule has 3 heterocycles. The zero-order valence-corrected chi connectivity index (χ0v) is 20.1. The van der Waals surface area contributed by atoms with Crippen molar-refractivity contribution in [3.63, 3.8) is 0 Å². The minimum Gasteiger partial charge on any atom is -0.385 e. The van der Waals surface area contributed by atoms with Crippen LogP contribution in [0.4, 0.5) is 0 Å². The number of likely N-dealkylation sites (tertiary alicyclic amines) is 1. The van der Waals surface area contributed by atoms with E-state index in [0.29, 0.717) is 0 Å². The molecule has 2 fully saturated rings. The fraction of sp³-hybridized carbons (Fsp3) is 0.480. The molecule has 2 saturated heterocycles. The summed E-state index contributed by atoms with van der Waals surface area (Å²) < 4.78 is 2.46. The zero-order valence-electron chi connectivity index (χ0n) is 19.3. The number of rotatable bonds is 8. The second kappa shape index (κ2) is 9.23. The lowest BCUT2D eigenvalue weighted by molar-refractivity contribution is 0.00920. The van der Waals surface area contributed by atoms with Gasteiger partial charge in [-0.25, -0.2) is 9.30 Å². The number of allylic oxidation sites excluding steroid dienone is 1. The fourth-order valence-electron chi connectivity index (χ4n) is 4.45. The van der Waals surface area contributed by atoms with E-state index in [1.54, 1.807) is 0 Å². The monoisotopic (exact) mass is 437 g/mol. The highest BCUT2D eigenvalue weighted by Crippen LogP contribution is 2.34. The molecule has 6 heteroatoms. The first kappa shape index (κ1) is 22.2. The highest BCUT2D eigenvalue weighted by Gasteiger charge is 2.37. The van der Waals surface area contributed by atoms with Crippen molar-refractivity contribution in [2.24, 2.45) is 10.9 Å². The molecule has 0 aromatic heterocycles. The minimum absolute atomic E-state index is 0.735. The van der Waals surface area contributed by atoms with Gasteiger partial charge in [-0.05, 0) is 54.5 Å². The molecule has 166 valence electrons. The van der Waals surface area contributed by atoms with Crippen LogP contribution in [0.5, 0.6) is 0 Å². The Hall–Kier alpha value is -2.02. The van der Waals surface area contributed by atoms with Crippen molar-refractivity contribution in [1.29, 1.82) is 0 Å². The van der Waals surface area contributed by atoms with Gasteiger partial charge in [0.25, 0.3) is 0 Å². The molecule has 31 heavy (non-hydrogen) atoms. The lowest BCUT2D eigenvalue weighted by atomic mass is 9.97. The highest BCUT2D eigenvalue weighted by molar-refractivity contribution is 7.97. The summed E-state index contributed by atoms with van der Waals surface area (Å²) in [6, 6.07) is 7.39. The summed E-state index contributed by atoms with van der Waals surface area (Å²) in [5.41, 5.74) is 6.05. The zero-order chi connectivity index (χ0) is 22.1. The van der Waals surface area contributed by atoms with Gasteiger partial charge in [0.2, 0.25) is 0 Å². The van der Waals surface area contributed by atoms with E-state index in [9.17, 15) is 0 Å². The maximum Gasteiger partial charge on any atom is 0.138 e. The van der Waals surface area contributed by atoms with Crippen molar-refractivity contribution < 1.29 is 0 Å². The maximum atomic E-state index is 4.98. The molecular formula is C25H35N5S. The van der Waals surface area contributed by atoms with E-state index in [4.69, 9.17) is 4.99 Å². The van der Waals surface area contributed by atoms with Crippen LogP contribution >= 0.6 is 11.9 Å². The lowest BCUT2D eigenvalue weighted by Crippen LogP contribution is -2.62. The molecule has 0 bridgehead atoms. The van der Waals surface area contributed by atoms with Gasteiger partial charge in [-0.1, -0.05) is 39.5 Å². The second-order valence-electron chi connectivity index (χ2n) is 9.02. The summed E-state index contributed by atoms with van der Waals surface area (Å²) in [5, 5.41) is 6.66. The molecule has 0 atom stereocenters. The third kappa shape index (κ3) is 4.61. The predicted molar refractivity (Wildman–Crippen MR) is 132 cm³/mol. The van der Waals surface area contributed by atoms with Crippen LogP contribution in [0.1, 0.15) is 37.8 Å². The maximum absolute atomic E-state index is 4.98. The van der Waals surface area contributed by atoms with Crippen molar-refractivity contribution in [3.8, 4) is 0 Å². The molecule has 1 aromatic carbocycles. The summed E-state index contributed by atoms with van der Waals surface area (Å²) >= 11 is 1.85.